The van der Waals surface area contributed by atoms with Crippen LogP contribution in [0.2, 0.25) is 0 Å². The van der Waals surface area contributed by atoms with Crippen molar-refractivity contribution >= 4 is 23.0 Å². The van der Waals surface area contributed by atoms with E-state index in [1.165, 1.54) is 12.1 Å². The van der Waals surface area contributed by atoms with Crippen molar-refractivity contribution in [1.29, 1.82) is 0 Å². The molecule has 1 amide bonds. The third kappa shape index (κ3) is 3.15. The minimum atomic E-state index is -0.583. The number of hydrogen-bond donors (Lipinski definition) is 2. The van der Waals surface area contributed by atoms with Gasteiger partial charge >= 0.3 is 0 Å². The van der Waals surface area contributed by atoms with Gasteiger partial charge in [-0.2, -0.15) is 0 Å². The normalized spacial score (nSPS) is 12.0. The minimum absolute atomic E-state index is 0.00464. The molecule has 8 nitrogen and oxygen atoms in total. The molecule has 1 aliphatic rings. The van der Waals surface area contributed by atoms with E-state index in [2.05, 4.69) is 5.32 Å². The number of ether oxygens (including phenoxy) is 2. The van der Waals surface area contributed by atoms with Gasteiger partial charge in [-0.3, -0.25) is 14.9 Å². The van der Waals surface area contributed by atoms with Gasteiger partial charge in [0.1, 0.15) is 5.69 Å². The number of nitro benzene ring substituents is 1. The lowest BCUT2D eigenvalue weighted by atomic mass is 10.1. The lowest BCUT2D eigenvalue weighted by molar-refractivity contribution is -0.384. The number of rotatable bonds is 4. The van der Waals surface area contributed by atoms with Gasteiger partial charge in [0.2, 0.25) is 12.7 Å². The summed E-state index contributed by atoms with van der Waals surface area (Å²) in [5.74, 6) is 0.267. The summed E-state index contributed by atoms with van der Waals surface area (Å²) < 4.78 is 10.3. The summed E-state index contributed by atoms with van der Waals surface area (Å²) >= 11 is 0. The SMILES string of the molecule is Nc1ccc(CC(=O)Nc2cc3c(cc2[N+](=O)[O-])OCO3)cc1. The van der Waals surface area contributed by atoms with E-state index in [-0.39, 0.29) is 36.2 Å². The Morgan fingerprint density at radius 3 is 2.52 bits per heavy atom. The quantitative estimate of drug-likeness (QED) is 0.507. The molecular formula is C15H13N3O5. The van der Waals surface area contributed by atoms with Crippen molar-refractivity contribution in [2.45, 2.75) is 6.42 Å². The van der Waals surface area contributed by atoms with Gasteiger partial charge in [0.15, 0.2) is 11.5 Å². The Bertz CT molecular complexity index is 773. The Hall–Kier alpha value is -3.29. The summed E-state index contributed by atoms with van der Waals surface area (Å²) in [5, 5.41) is 13.7. The molecule has 0 saturated carbocycles. The van der Waals surface area contributed by atoms with Gasteiger partial charge < -0.3 is 20.5 Å². The number of carbonyl (C=O) groups is 1. The molecule has 0 saturated heterocycles. The van der Waals surface area contributed by atoms with Gasteiger partial charge in [0.05, 0.1) is 17.4 Å². The van der Waals surface area contributed by atoms with Gasteiger partial charge in [-0.1, -0.05) is 12.1 Å². The summed E-state index contributed by atoms with van der Waals surface area (Å²) in [4.78, 5) is 22.7. The van der Waals surface area contributed by atoms with E-state index in [0.717, 1.165) is 5.56 Å². The van der Waals surface area contributed by atoms with Crippen LogP contribution in [0.15, 0.2) is 36.4 Å². The van der Waals surface area contributed by atoms with E-state index in [1.54, 1.807) is 24.3 Å². The number of anilines is 2. The summed E-state index contributed by atoms with van der Waals surface area (Å²) in [6.07, 6.45) is 0.0753. The van der Waals surface area contributed by atoms with Crippen LogP contribution in [0.3, 0.4) is 0 Å². The largest absolute Gasteiger partial charge is 0.454 e. The highest BCUT2D eigenvalue weighted by Gasteiger charge is 2.24. The number of nitro groups is 1. The molecule has 0 bridgehead atoms. The van der Waals surface area contributed by atoms with E-state index in [1.807, 2.05) is 0 Å². The van der Waals surface area contributed by atoms with Gasteiger partial charge in [-0.25, -0.2) is 0 Å². The van der Waals surface area contributed by atoms with Crippen molar-refractivity contribution in [3.63, 3.8) is 0 Å². The number of amides is 1. The lowest BCUT2D eigenvalue weighted by Crippen LogP contribution is -2.15. The minimum Gasteiger partial charge on any atom is -0.454 e. The molecule has 3 rings (SSSR count). The number of nitrogens with zero attached hydrogens (tertiary/aromatic N) is 1. The summed E-state index contributed by atoms with van der Waals surface area (Å²) in [5.41, 5.74) is 6.75. The second-order valence-electron chi connectivity index (χ2n) is 4.95. The predicted octanol–water partition coefficient (Wildman–Crippen LogP) is 2.09. The highest BCUT2D eigenvalue weighted by Crippen LogP contribution is 2.40. The number of carbonyl (C=O) groups excluding carboxylic acids is 1. The molecule has 0 spiro atoms. The smallest absolute Gasteiger partial charge is 0.296 e. The molecule has 0 aliphatic carbocycles. The number of nitrogens with two attached hydrogens (primary N) is 1. The van der Waals surface area contributed by atoms with Gasteiger partial charge in [0, 0.05) is 11.8 Å². The first-order chi connectivity index (χ1) is 11.0. The zero-order valence-corrected chi connectivity index (χ0v) is 11.9. The third-order valence-corrected chi connectivity index (χ3v) is 3.31. The summed E-state index contributed by atoms with van der Waals surface area (Å²) in [6, 6.07) is 9.45. The molecule has 1 aliphatic heterocycles. The maximum atomic E-state index is 12.1. The van der Waals surface area contributed by atoms with E-state index in [9.17, 15) is 14.9 Å². The highest BCUT2D eigenvalue weighted by molar-refractivity contribution is 5.95. The molecule has 1 heterocycles. The van der Waals surface area contributed by atoms with Crippen LogP contribution in [0.4, 0.5) is 17.1 Å². The van der Waals surface area contributed by atoms with E-state index in [4.69, 9.17) is 15.2 Å². The fourth-order valence-electron chi connectivity index (χ4n) is 2.20. The first-order valence-electron chi connectivity index (χ1n) is 6.75. The standard InChI is InChI=1S/C15H13N3O5/c16-10-3-1-9(2-4-10)5-15(19)17-11-6-13-14(23-8-22-13)7-12(11)18(20)21/h1-4,6-7H,5,8,16H2,(H,17,19). The van der Waals surface area contributed by atoms with Crippen molar-refractivity contribution in [3.8, 4) is 11.5 Å². The fraction of sp³-hybridized carbons (Fsp3) is 0.133. The Morgan fingerprint density at radius 1 is 1.22 bits per heavy atom. The van der Waals surface area contributed by atoms with Crippen LogP contribution in [0.25, 0.3) is 0 Å². The van der Waals surface area contributed by atoms with E-state index < -0.39 is 4.92 Å². The average Bonchev–Trinajstić information content (AvgIpc) is 2.96. The lowest BCUT2D eigenvalue weighted by Gasteiger charge is -2.07. The van der Waals surface area contributed by atoms with Crippen molar-refractivity contribution in [3.05, 3.63) is 52.1 Å². The van der Waals surface area contributed by atoms with Crippen LogP contribution in [-0.4, -0.2) is 17.6 Å². The predicted molar refractivity (Wildman–Crippen MR) is 82.4 cm³/mol. The van der Waals surface area contributed by atoms with Crippen molar-refractivity contribution in [1.82, 2.24) is 0 Å². The highest BCUT2D eigenvalue weighted by atomic mass is 16.7. The Balaban J connectivity index is 1.80. The van der Waals surface area contributed by atoms with Crippen molar-refractivity contribution in [2.24, 2.45) is 0 Å². The molecule has 0 unspecified atom stereocenters. The van der Waals surface area contributed by atoms with Crippen LogP contribution in [0.5, 0.6) is 11.5 Å². The fourth-order valence-corrected chi connectivity index (χ4v) is 2.20. The maximum absolute atomic E-state index is 12.1. The molecule has 0 atom stereocenters. The molecule has 0 aromatic heterocycles. The van der Waals surface area contributed by atoms with Gasteiger partial charge in [0.25, 0.3) is 5.69 Å². The summed E-state index contributed by atoms with van der Waals surface area (Å²) in [6.45, 7) is -0.00464. The van der Waals surface area contributed by atoms with Gasteiger partial charge in [-0.05, 0) is 17.7 Å². The number of nitrogens with one attached hydrogen (secondary N) is 1. The Morgan fingerprint density at radius 2 is 1.87 bits per heavy atom. The molecule has 0 radical (unpaired) electrons. The number of benzene rings is 2. The number of nitrogen functional groups attached to an aromatic ring is 1. The Labute approximate surface area is 131 Å². The summed E-state index contributed by atoms with van der Waals surface area (Å²) in [7, 11) is 0. The number of hydrogen-bond acceptors (Lipinski definition) is 6. The van der Waals surface area contributed by atoms with Crippen molar-refractivity contribution in [2.75, 3.05) is 17.8 Å². The molecule has 8 heteroatoms. The average molecular weight is 315 g/mol. The zero-order valence-electron chi connectivity index (χ0n) is 11.9. The molecule has 2 aromatic rings. The topological polar surface area (TPSA) is 117 Å². The number of fused-ring (bicyclic) bond motifs is 1. The molecule has 118 valence electrons. The monoisotopic (exact) mass is 315 g/mol. The van der Waals surface area contributed by atoms with E-state index >= 15 is 0 Å². The molecule has 3 N–H and O–H groups in total. The van der Waals surface area contributed by atoms with Gasteiger partial charge in [-0.15, -0.1) is 0 Å². The molecule has 23 heavy (non-hydrogen) atoms. The first kappa shape index (κ1) is 14.6. The molecular weight excluding hydrogens is 302 g/mol. The van der Waals surface area contributed by atoms with Crippen LogP contribution < -0.4 is 20.5 Å². The van der Waals surface area contributed by atoms with Crippen LogP contribution in [0, 0.1) is 10.1 Å². The second kappa shape index (κ2) is 5.84. The molecule has 2 aromatic carbocycles. The Kier molecular flexibility index (Phi) is 3.71. The van der Waals surface area contributed by atoms with Crippen LogP contribution in [-0.2, 0) is 11.2 Å². The van der Waals surface area contributed by atoms with Crippen LogP contribution >= 0.6 is 0 Å². The maximum Gasteiger partial charge on any atom is 0.296 e. The first-order valence-corrected chi connectivity index (χ1v) is 6.75. The third-order valence-electron chi connectivity index (χ3n) is 3.31. The van der Waals surface area contributed by atoms with Crippen LogP contribution in [0.1, 0.15) is 5.56 Å². The zero-order chi connectivity index (χ0) is 16.4. The van der Waals surface area contributed by atoms with Crippen molar-refractivity contribution < 1.29 is 19.2 Å². The second-order valence-corrected chi connectivity index (χ2v) is 4.95. The molecule has 0 fully saturated rings. The van der Waals surface area contributed by atoms with E-state index in [0.29, 0.717) is 11.4 Å².